The Bertz CT molecular complexity index is 1090. The van der Waals surface area contributed by atoms with Crippen LogP contribution in [0.1, 0.15) is 11.3 Å². The van der Waals surface area contributed by atoms with Gasteiger partial charge in [0.2, 0.25) is 12.7 Å². The number of ether oxygens (including phenoxy) is 3. The molecule has 0 aliphatic carbocycles. The molecule has 3 aromatic rings. The van der Waals surface area contributed by atoms with Crippen molar-refractivity contribution in [1.82, 2.24) is 9.80 Å². The minimum Gasteiger partial charge on any atom is -0.467 e. The highest BCUT2D eigenvalue weighted by atomic mass is 16.7. The van der Waals surface area contributed by atoms with E-state index in [-0.39, 0.29) is 38.4 Å². The van der Waals surface area contributed by atoms with Crippen LogP contribution in [0.4, 0.5) is 10.5 Å². The zero-order chi connectivity index (χ0) is 23.8. The summed E-state index contributed by atoms with van der Waals surface area (Å²) in [6, 6.07) is 17.9. The molecule has 2 heterocycles. The molecule has 0 fully saturated rings. The normalized spacial score (nSPS) is 11.8. The lowest BCUT2D eigenvalue weighted by molar-refractivity contribution is -0.133. The first-order valence-electron chi connectivity index (χ1n) is 10.9. The van der Waals surface area contributed by atoms with Gasteiger partial charge in [0.25, 0.3) is 0 Å². The molecule has 1 aliphatic heterocycles. The molecular weight excluding hydrogens is 438 g/mol. The highest BCUT2D eigenvalue weighted by Crippen LogP contribution is 2.33. The molecule has 0 saturated carbocycles. The molecule has 1 N–H and O–H groups in total. The molecule has 178 valence electrons. The molecule has 9 nitrogen and oxygen atoms in total. The zero-order valence-corrected chi connectivity index (χ0v) is 18.9. The van der Waals surface area contributed by atoms with Crippen LogP contribution in [0.3, 0.4) is 0 Å². The van der Waals surface area contributed by atoms with E-state index in [2.05, 4.69) is 5.32 Å². The Hall–Kier alpha value is -3.98. The van der Waals surface area contributed by atoms with E-state index in [4.69, 9.17) is 18.6 Å². The second kappa shape index (κ2) is 11.2. The summed E-state index contributed by atoms with van der Waals surface area (Å²) < 4.78 is 21.5. The summed E-state index contributed by atoms with van der Waals surface area (Å²) >= 11 is 0. The maximum atomic E-state index is 13.4. The lowest BCUT2D eigenvalue weighted by atomic mass is 10.2. The number of fused-ring (bicyclic) bond motifs is 1. The standard InChI is InChI=1S/C25H27N3O6/c1-31-13-11-27(25(30)26-20-6-3-2-4-7-20)17-24(29)28(16-21-8-5-12-32-21)15-19-9-10-22-23(14-19)34-18-33-22/h2-10,12,14H,11,13,15-18H2,1H3,(H,26,30). The fourth-order valence-corrected chi connectivity index (χ4v) is 3.52. The molecule has 0 atom stereocenters. The van der Waals surface area contributed by atoms with E-state index in [0.717, 1.165) is 5.56 Å². The Morgan fingerprint density at radius 1 is 0.971 bits per heavy atom. The molecule has 3 amide bonds. The fraction of sp³-hybridized carbons (Fsp3) is 0.280. The van der Waals surface area contributed by atoms with Crippen molar-refractivity contribution in [2.75, 3.05) is 38.9 Å². The number of urea groups is 1. The van der Waals surface area contributed by atoms with Crippen LogP contribution >= 0.6 is 0 Å². The second-order valence-electron chi connectivity index (χ2n) is 7.73. The molecule has 0 saturated heterocycles. The van der Waals surface area contributed by atoms with Crippen LogP contribution in [0, 0.1) is 0 Å². The number of furan rings is 1. The number of carbonyl (C=O) groups excluding carboxylic acids is 2. The molecule has 9 heteroatoms. The Morgan fingerprint density at radius 2 is 1.79 bits per heavy atom. The molecular formula is C25H27N3O6. The van der Waals surface area contributed by atoms with E-state index in [0.29, 0.717) is 36.1 Å². The second-order valence-corrected chi connectivity index (χ2v) is 7.73. The van der Waals surface area contributed by atoms with Crippen LogP contribution in [-0.4, -0.2) is 55.3 Å². The number of benzene rings is 2. The predicted molar refractivity (Wildman–Crippen MR) is 124 cm³/mol. The van der Waals surface area contributed by atoms with Crippen LogP contribution in [0.15, 0.2) is 71.3 Å². The summed E-state index contributed by atoms with van der Waals surface area (Å²) in [6.07, 6.45) is 1.57. The van der Waals surface area contributed by atoms with Gasteiger partial charge in [0.05, 0.1) is 19.4 Å². The number of nitrogens with one attached hydrogen (secondary N) is 1. The maximum Gasteiger partial charge on any atom is 0.322 e. The Balaban J connectivity index is 1.49. The summed E-state index contributed by atoms with van der Waals surface area (Å²) in [5.74, 6) is 1.74. The molecule has 1 aliphatic rings. The van der Waals surface area contributed by atoms with Crippen molar-refractivity contribution in [3.05, 3.63) is 78.3 Å². The number of hydrogen-bond donors (Lipinski definition) is 1. The molecule has 0 spiro atoms. The smallest absolute Gasteiger partial charge is 0.322 e. The lowest BCUT2D eigenvalue weighted by Crippen LogP contribution is -2.45. The third-order valence-corrected chi connectivity index (χ3v) is 5.29. The highest BCUT2D eigenvalue weighted by molar-refractivity contribution is 5.92. The molecule has 0 unspecified atom stereocenters. The van der Waals surface area contributed by atoms with Crippen LogP contribution in [0.5, 0.6) is 11.5 Å². The Labute approximate surface area is 197 Å². The van der Waals surface area contributed by atoms with Crippen molar-refractivity contribution >= 4 is 17.6 Å². The van der Waals surface area contributed by atoms with Gasteiger partial charge < -0.3 is 33.7 Å². The van der Waals surface area contributed by atoms with E-state index in [1.165, 1.54) is 4.90 Å². The number of rotatable bonds is 10. The van der Waals surface area contributed by atoms with Gasteiger partial charge in [0.15, 0.2) is 11.5 Å². The Kier molecular flexibility index (Phi) is 7.67. The van der Waals surface area contributed by atoms with Crippen molar-refractivity contribution in [3.8, 4) is 11.5 Å². The van der Waals surface area contributed by atoms with E-state index >= 15 is 0 Å². The largest absolute Gasteiger partial charge is 0.467 e. The van der Waals surface area contributed by atoms with Crippen molar-refractivity contribution in [3.63, 3.8) is 0 Å². The minimum absolute atomic E-state index is 0.118. The van der Waals surface area contributed by atoms with Crippen molar-refractivity contribution in [2.45, 2.75) is 13.1 Å². The monoisotopic (exact) mass is 465 g/mol. The minimum atomic E-state index is -0.377. The lowest BCUT2D eigenvalue weighted by Gasteiger charge is -2.27. The molecule has 0 bridgehead atoms. The first kappa shape index (κ1) is 23.2. The summed E-state index contributed by atoms with van der Waals surface area (Å²) in [5, 5.41) is 2.83. The predicted octanol–water partition coefficient (Wildman–Crippen LogP) is 3.72. The van der Waals surface area contributed by atoms with Gasteiger partial charge in [0.1, 0.15) is 12.3 Å². The van der Waals surface area contributed by atoms with E-state index in [1.807, 2.05) is 42.5 Å². The zero-order valence-electron chi connectivity index (χ0n) is 18.9. The average molecular weight is 466 g/mol. The van der Waals surface area contributed by atoms with Crippen molar-refractivity contribution < 1.29 is 28.2 Å². The van der Waals surface area contributed by atoms with Crippen LogP contribution in [-0.2, 0) is 22.6 Å². The van der Waals surface area contributed by atoms with Gasteiger partial charge in [0, 0.05) is 25.9 Å². The topological polar surface area (TPSA) is 93.5 Å². The third-order valence-electron chi connectivity index (χ3n) is 5.29. The van der Waals surface area contributed by atoms with Gasteiger partial charge in [-0.3, -0.25) is 4.79 Å². The van der Waals surface area contributed by atoms with Gasteiger partial charge >= 0.3 is 6.03 Å². The summed E-state index contributed by atoms with van der Waals surface area (Å²) in [5.41, 5.74) is 1.52. The number of carbonyl (C=O) groups is 2. The van der Waals surface area contributed by atoms with E-state index in [1.54, 1.807) is 36.5 Å². The van der Waals surface area contributed by atoms with E-state index in [9.17, 15) is 9.59 Å². The van der Waals surface area contributed by atoms with Gasteiger partial charge in [-0.25, -0.2) is 4.79 Å². The van der Waals surface area contributed by atoms with Gasteiger partial charge in [-0.2, -0.15) is 0 Å². The molecule has 34 heavy (non-hydrogen) atoms. The first-order valence-corrected chi connectivity index (χ1v) is 10.9. The maximum absolute atomic E-state index is 13.4. The average Bonchev–Trinajstić information content (AvgIpc) is 3.53. The van der Waals surface area contributed by atoms with Gasteiger partial charge in [-0.1, -0.05) is 24.3 Å². The number of methoxy groups -OCH3 is 1. The third kappa shape index (κ3) is 6.08. The number of anilines is 1. The number of hydrogen-bond acceptors (Lipinski definition) is 6. The fourth-order valence-electron chi connectivity index (χ4n) is 3.52. The number of amides is 3. The summed E-state index contributed by atoms with van der Waals surface area (Å²) in [4.78, 5) is 29.4. The number of nitrogens with zero attached hydrogens (tertiary/aromatic N) is 2. The van der Waals surface area contributed by atoms with Gasteiger partial charge in [-0.05, 0) is 42.0 Å². The van der Waals surface area contributed by atoms with Crippen molar-refractivity contribution in [1.29, 1.82) is 0 Å². The van der Waals surface area contributed by atoms with Crippen LogP contribution in [0.25, 0.3) is 0 Å². The van der Waals surface area contributed by atoms with Gasteiger partial charge in [-0.15, -0.1) is 0 Å². The Morgan fingerprint density at radius 3 is 2.56 bits per heavy atom. The quantitative estimate of drug-likeness (QED) is 0.491. The molecule has 4 rings (SSSR count). The van der Waals surface area contributed by atoms with Crippen LogP contribution < -0.4 is 14.8 Å². The molecule has 0 radical (unpaired) electrons. The highest BCUT2D eigenvalue weighted by Gasteiger charge is 2.23. The van der Waals surface area contributed by atoms with Crippen LogP contribution in [0.2, 0.25) is 0 Å². The van der Waals surface area contributed by atoms with E-state index < -0.39 is 0 Å². The summed E-state index contributed by atoms with van der Waals surface area (Å²) in [7, 11) is 1.55. The SMILES string of the molecule is COCCN(CC(=O)N(Cc1ccc2c(c1)OCO2)Cc1ccco1)C(=O)Nc1ccccc1. The van der Waals surface area contributed by atoms with Crippen molar-refractivity contribution in [2.24, 2.45) is 0 Å². The molecule has 2 aromatic carbocycles. The molecule has 1 aromatic heterocycles. The number of para-hydroxylation sites is 1. The summed E-state index contributed by atoms with van der Waals surface area (Å²) in [6.45, 7) is 1.20. The first-order chi connectivity index (χ1) is 16.6.